The standard InChI is InChI=1S/C14H19FN2O/c1-3-7-17-12(10-16)6-8-18-14-9-11(2)4-5-13(14)15/h4-5,9,12,17H,3,6-8H2,1-2H3. The monoisotopic (exact) mass is 250 g/mol. The third kappa shape index (κ3) is 4.72. The zero-order chi connectivity index (χ0) is 13.4. The van der Waals surface area contributed by atoms with Gasteiger partial charge < -0.3 is 10.1 Å². The molecule has 3 nitrogen and oxygen atoms in total. The van der Waals surface area contributed by atoms with E-state index in [2.05, 4.69) is 11.4 Å². The number of benzene rings is 1. The highest BCUT2D eigenvalue weighted by molar-refractivity contribution is 5.29. The number of rotatable bonds is 7. The van der Waals surface area contributed by atoms with Crippen LogP contribution in [0.4, 0.5) is 4.39 Å². The smallest absolute Gasteiger partial charge is 0.165 e. The van der Waals surface area contributed by atoms with E-state index in [4.69, 9.17) is 10.00 Å². The summed E-state index contributed by atoms with van der Waals surface area (Å²) in [7, 11) is 0. The maximum Gasteiger partial charge on any atom is 0.165 e. The Bertz CT molecular complexity index is 415. The first-order valence-corrected chi connectivity index (χ1v) is 6.19. The Labute approximate surface area is 108 Å². The predicted molar refractivity (Wildman–Crippen MR) is 68.9 cm³/mol. The molecule has 18 heavy (non-hydrogen) atoms. The zero-order valence-corrected chi connectivity index (χ0v) is 10.9. The van der Waals surface area contributed by atoms with Gasteiger partial charge in [-0.3, -0.25) is 0 Å². The van der Waals surface area contributed by atoms with Gasteiger partial charge in [-0.15, -0.1) is 0 Å². The number of ether oxygens (including phenoxy) is 1. The molecule has 1 unspecified atom stereocenters. The minimum absolute atomic E-state index is 0.238. The van der Waals surface area contributed by atoms with Crippen molar-refractivity contribution >= 4 is 0 Å². The molecular formula is C14H19FN2O. The van der Waals surface area contributed by atoms with Crippen molar-refractivity contribution in [2.24, 2.45) is 0 Å². The number of halogens is 1. The van der Waals surface area contributed by atoms with Crippen LogP contribution in [-0.2, 0) is 0 Å². The Morgan fingerprint density at radius 2 is 2.28 bits per heavy atom. The summed E-state index contributed by atoms with van der Waals surface area (Å²) < 4.78 is 18.7. The first-order valence-electron chi connectivity index (χ1n) is 6.19. The first-order chi connectivity index (χ1) is 8.67. The topological polar surface area (TPSA) is 45.0 Å². The van der Waals surface area contributed by atoms with Gasteiger partial charge in [-0.25, -0.2) is 4.39 Å². The Morgan fingerprint density at radius 1 is 1.50 bits per heavy atom. The predicted octanol–water partition coefficient (Wildman–Crippen LogP) is 2.79. The second-order valence-corrected chi connectivity index (χ2v) is 4.21. The maximum absolute atomic E-state index is 13.4. The molecule has 0 bridgehead atoms. The van der Waals surface area contributed by atoms with Crippen LogP contribution in [0.5, 0.6) is 5.75 Å². The van der Waals surface area contributed by atoms with Crippen LogP contribution in [0.15, 0.2) is 18.2 Å². The molecule has 98 valence electrons. The molecule has 0 amide bonds. The lowest BCUT2D eigenvalue weighted by atomic mass is 10.2. The van der Waals surface area contributed by atoms with Crippen LogP contribution in [0.1, 0.15) is 25.3 Å². The van der Waals surface area contributed by atoms with E-state index in [1.54, 1.807) is 12.1 Å². The molecule has 0 fully saturated rings. The summed E-state index contributed by atoms with van der Waals surface area (Å²) in [4.78, 5) is 0. The lowest BCUT2D eigenvalue weighted by Crippen LogP contribution is -2.29. The Kier molecular flexibility index (Phi) is 6.16. The summed E-state index contributed by atoms with van der Waals surface area (Å²) in [6.45, 7) is 5.06. The molecule has 0 aromatic heterocycles. The van der Waals surface area contributed by atoms with E-state index < -0.39 is 0 Å². The molecule has 0 heterocycles. The van der Waals surface area contributed by atoms with Crippen molar-refractivity contribution in [1.82, 2.24) is 5.32 Å². The second kappa shape index (κ2) is 7.67. The van der Waals surface area contributed by atoms with Crippen molar-refractivity contribution in [1.29, 1.82) is 5.26 Å². The first kappa shape index (κ1) is 14.5. The summed E-state index contributed by atoms with van der Waals surface area (Å²) in [5.74, 6) is -0.113. The van der Waals surface area contributed by atoms with Crippen LogP contribution < -0.4 is 10.1 Å². The third-order valence-electron chi connectivity index (χ3n) is 2.55. The van der Waals surface area contributed by atoms with Gasteiger partial charge >= 0.3 is 0 Å². The molecule has 1 atom stereocenters. The summed E-state index contributed by atoms with van der Waals surface area (Å²) in [5.41, 5.74) is 0.951. The number of nitriles is 1. The molecule has 4 heteroatoms. The molecule has 1 rings (SSSR count). The summed E-state index contributed by atoms with van der Waals surface area (Å²) in [5, 5.41) is 12.0. The number of hydrogen-bond acceptors (Lipinski definition) is 3. The van der Waals surface area contributed by atoms with Crippen LogP contribution in [0.2, 0.25) is 0 Å². The largest absolute Gasteiger partial charge is 0.490 e. The highest BCUT2D eigenvalue weighted by atomic mass is 19.1. The van der Waals surface area contributed by atoms with Gasteiger partial charge in [-0.1, -0.05) is 13.0 Å². The highest BCUT2D eigenvalue weighted by Crippen LogP contribution is 2.18. The summed E-state index contributed by atoms with van der Waals surface area (Å²) in [6, 6.07) is 6.68. The molecule has 0 saturated heterocycles. The van der Waals surface area contributed by atoms with Crippen molar-refractivity contribution in [3.8, 4) is 11.8 Å². The average molecular weight is 250 g/mol. The van der Waals surface area contributed by atoms with Gasteiger partial charge in [0, 0.05) is 6.42 Å². The van der Waals surface area contributed by atoms with E-state index in [1.165, 1.54) is 6.07 Å². The van der Waals surface area contributed by atoms with Gasteiger partial charge in [0.1, 0.15) is 0 Å². The Morgan fingerprint density at radius 3 is 2.94 bits per heavy atom. The van der Waals surface area contributed by atoms with E-state index in [9.17, 15) is 4.39 Å². The SMILES string of the molecule is CCCNC(C#N)CCOc1cc(C)ccc1F. The quantitative estimate of drug-likeness (QED) is 0.809. The van der Waals surface area contributed by atoms with Crippen LogP contribution in [0.25, 0.3) is 0 Å². The van der Waals surface area contributed by atoms with Gasteiger partial charge in [0.2, 0.25) is 0 Å². The van der Waals surface area contributed by atoms with Crippen LogP contribution in [-0.4, -0.2) is 19.2 Å². The van der Waals surface area contributed by atoms with Gasteiger partial charge in [-0.2, -0.15) is 5.26 Å². The minimum Gasteiger partial charge on any atom is -0.490 e. The zero-order valence-electron chi connectivity index (χ0n) is 10.9. The Hall–Kier alpha value is -1.60. The van der Waals surface area contributed by atoms with Crippen molar-refractivity contribution in [3.63, 3.8) is 0 Å². The lowest BCUT2D eigenvalue weighted by Gasteiger charge is -2.12. The van der Waals surface area contributed by atoms with Crippen molar-refractivity contribution in [2.75, 3.05) is 13.2 Å². The lowest BCUT2D eigenvalue weighted by molar-refractivity contribution is 0.284. The summed E-state index contributed by atoms with van der Waals surface area (Å²) >= 11 is 0. The molecule has 1 N–H and O–H groups in total. The van der Waals surface area contributed by atoms with Crippen molar-refractivity contribution < 1.29 is 9.13 Å². The number of hydrogen-bond donors (Lipinski definition) is 1. The van der Waals surface area contributed by atoms with E-state index >= 15 is 0 Å². The average Bonchev–Trinajstić information content (AvgIpc) is 2.37. The molecule has 1 aromatic carbocycles. The number of aryl methyl sites for hydroxylation is 1. The molecule has 0 aliphatic rings. The van der Waals surface area contributed by atoms with Crippen molar-refractivity contribution in [3.05, 3.63) is 29.6 Å². The van der Waals surface area contributed by atoms with E-state index in [0.29, 0.717) is 13.0 Å². The van der Waals surface area contributed by atoms with Gasteiger partial charge in [0.15, 0.2) is 11.6 Å². The van der Waals surface area contributed by atoms with Gasteiger partial charge in [0.05, 0.1) is 18.7 Å². The fourth-order valence-corrected chi connectivity index (χ4v) is 1.54. The Balaban J connectivity index is 2.41. The number of nitrogens with zero attached hydrogens (tertiary/aromatic N) is 1. The third-order valence-corrected chi connectivity index (χ3v) is 2.55. The van der Waals surface area contributed by atoms with E-state index in [0.717, 1.165) is 18.5 Å². The van der Waals surface area contributed by atoms with Crippen LogP contribution in [0.3, 0.4) is 0 Å². The molecule has 0 spiro atoms. The molecule has 0 aliphatic heterocycles. The maximum atomic E-state index is 13.4. The summed E-state index contributed by atoms with van der Waals surface area (Å²) in [6.07, 6.45) is 1.52. The molecule has 1 aromatic rings. The molecule has 0 radical (unpaired) electrons. The molecular weight excluding hydrogens is 231 g/mol. The highest BCUT2D eigenvalue weighted by Gasteiger charge is 2.08. The number of nitrogens with one attached hydrogen (secondary N) is 1. The van der Waals surface area contributed by atoms with Crippen LogP contribution in [0, 0.1) is 24.1 Å². The van der Waals surface area contributed by atoms with E-state index in [1.807, 2.05) is 13.8 Å². The van der Waals surface area contributed by atoms with E-state index in [-0.39, 0.29) is 17.6 Å². The van der Waals surface area contributed by atoms with Gasteiger partial charge in [0.25, 0.3) is 0 Å². The molecule has 0 aliphatic carbocycles. The van der Waals surface area contributed by atoms with Gasteiger partial charge in [-0.05, 0) is 37.6 Å². The van der Waals surface area contributed by atoms with Crippen LogP contribution >= 0.6 is 0 Å². The minimum atomic E-state index is -0.365. The molecule has 0 saturated carbocycles. The fourth-order valence-electron chi connectivity index (χ4n) is 1.54. The fraction of sp³-hybridized carbons (Fsp3) is 0.500. The second-order valence-electron chi connectivity index (χ2n) is 4.21. The van der Waals surface area contributed by atoms with Crippen molar-refractivity contribution in [2.45, 2.75) is 32.7 Å². The normalized spacial score (nSPS) is 11.9.